The Morgan fingerprint density at radius 1 is 1.28 bits per heavy atom. The SMILES string of the molecule is CC(=O)Nc1ccc(C=c2sc(=C(C#N)C#N)n(C3CC3)c2=O)cc1. The van der Waals surface area contributed by atoms with Crippen molar-refractivity contribution < 1.29 is 4.79 Å². The molecule has 1 heterocycles. The number of nitriles is 2. The lowest BCUT2D eigenvalue weighted by Crippen LogP contribution is -2.31. The second kappa shape index (κ2) is 6.76. The summed E-state index contributed by atoms with van der Waals surface area (Å²) in [6.07, 6.45) is 3.51. The van der Waals surface area contributed by atoms with E-state index in [1.54, 1.807) is 34.9 Å². The van der Waals surface area contributed by atoms with Crippen molar-refractivity contribution in [1.29, 1.82) is 10.5 Å². The number of hydrogen-bond donors (Lipinski definition) is 1. The van der Waals surface area contributed by atoms with Crippen molar-refractivity contribution in [3.05, 3.63) is 49.4 Å². The molecule has 124 valence electrons. The molecule has 1 aliphatic rings. The molecule has 0 saturated heterocycles. The molecule has 3 rings (SSSR count). The summed E-state index contributed by atoms with van der Waals surface area (Å²) < 4.78 is 2.49. The maximum atomic E-state index is 12.7. The Balaban J connectivity index is 2.11. The lowest BCUT2D eigenvalue weighted by Gasteiger charge is -2.01. The molecule has 0 aliphatic heterocycles. The molecule has 0 spiro atoms. The average molecular weight is 350 g/mol. The van der Waals surface area contributed by atoms with Crippen molar-refractivity contribution in [2.75, 3.05) is 5.32 Å². The Morgan fingerprint density at radius 2 is 1.92 bits per heavy atom. The molecule has 1 saturated carbocycles. The van der Waals surface area contributed by atoms with Crippen LogP contribution in [0.5, 0.6) is 0 Å². The highest BCUT2D eigenvalue weighted by atomic mass is 32.1. The zero-order valence-corrected chi connectivity index (χ0v) is 14.3. The minimum absolute atomic E-state index is 0.0327. The standard InChI is InChI=1S/C18H14N4O2S/c1-11(23)21-14-4-2-12(3-5-14)8-16-17(24)22(15-6-7-15)18(25-16)13(9-19)10-20/h2-5,8,15H,6-7H2,1H3,(H,21,23). The van der Waals surface area contributed by atoms with Gasteiger partial charge in [-0.25, -0.2) is 0 Å². The van der Waals surface area contributed by atoms with Crippen molar-refractivity contribution >= 4 is 34.6 Å². The second-order valence-electron chi connectivity index (χ2n) is 5.72. The Morgan fingerprint density at radius 3 is 2.44 bits per heavy atom. The molecule has 1 N–H and O–H groups in total. The van der Waals surface area contributed by atoms with Gasteiger partial charge in [-0.1, -0.05) is 12.1 Å². The molecule has 1 aromatic carbocycles. The zero-order valence-electron chi connectivity index (χ0n) is 13.4. The molecule has 0 unspecified atom stereocenters. The Hall–Kier alpha value is -3.16. The van der Waals surface area contributed by atoms with Gasteiger partial charge in [0.15, 0.2) is 5.57 Å². The van der Waals surface area contributed by atoms with Crippen molar-refractivity contribution in [3.8, 4) is 12.1 Å². The van der Waals surface area contributed by atoms with Gasteiger partial charge in [0, 0.05) is 18.7 Å². The minimum atomic E-state index is -0.170. The van der Waals surface area contributed by atoms with Crippen molar-refractivity contribution in [3.63, 3.8) is 0 Å². The van der Waals surface area contributed by atoms with E-state index >= 15 is 0 Å². The quantitative estimate of drug-likeness (QED) is 0.900. The topological polar surface area (TPSA) is 98.7 Å². The number of rotatable bonds is 3. The fourth-order valence-corrected chi connectivity index (χ4v) is 3.59. The second-order valence-corrected chi connectivity index (χ2v) is 6.75. The van der Waals surface area contributed by atoms with Crippen molar-refractivity contribution in [1.82, 2.24) is 4.57 Å². The lowest BCUT2D eigenvalue weighted by atomic mass is 10.2. The molecule has 1 aromatic heterocycles. The first-order chi connectivity index (χ1) is 12.0. The molecule has 7 heteroatoms. The zero-order chi connectivity index (χ0) is 18.0. The molecule has 25 heavy (non-hydrogen) atoms. The predicted molar refractivity (Wildman–Crippen MR) is 95.0 cm³/mol. The Kier molecular flexibility index (Phi) is 4.51. The Bertz CT molecular complexity index is 1070. The Labute approximate surface area is 147 Å². The average Bonchev–Trinajstić information content (AvgIpc) is 3.36. The number of thiazole rings is 1. The third-order valence-corrected chi connectivity index (χ3v) is 4.84. The first-order valence-electron chi connectivity index (χ1n) is 7.68. The van der Waals surface area contributed by atoms with Gasteiger partial charge in [-0.15, -0.1) is 11.3 Å². The fraction of sp³-hybridized carbons (Fsp3) is 0.222. The van der Waals surface area contributed by atoms with Crippen LogP contribution >= 0.6 is 11.3 Å². The van der Waals surface area contributed by atoms with E-state index in [4.69, 9.17) is 10.5 Å². The van der Waals surface area contributed by atoms with E-state index in [2.05, 4.69) is 5.32 Å². The fourth-order valence-electron chi connectivity index (χ4n) is 2.47. The van der Waals surface area contributed by atoms with E-state index in [0.717, 1.165) is 29.7 Å². The highest BCUT2D eigenvalue weighted by Gasteiger charge is 2.27. The van der Waals surface area contributed by atoms with E-state index in [0.29, 0.717) is 14.9 Å². The van der Waals surface area contributed by atoms with Gasteiger partial charge in [0.1, 0.15) is 16.8 Å². The summed E-state index contributed by atoms with van der Waals surface area (Å²) in [7, 11) is 0. The van der Waals surface area contributed by atoms with Gasteiger partial charge in [0.2, 0.25) is 5.91 Å². The van der Waals surface area contributed by atoms with Crippen LogP contribution in [0.4, 0.5) is 5.69 Å². The van der Waals surface area contributed by atoms with Gasteiger partial charge in [0.05, 0.1) is 4.53 Å². The molecule has 1 aliphatic carbocycles. The van der Waals surface area contributed by atoms with E-state index in [-0.39, 0.29) is 23.1 Å². The summed E-state index contributed by atoms with van der Waals surface area (Å²) in [5, 5.41) is 21.0. The molecular weight excluding hydrogens is 336 g/mol. The number of aromatic nitrogens is 1. The molecule has 2 aromatic rings. The van der Waals surface area contributed by atoms with Crippen LogP contribution < -0.4 is 20.1 Å². The minimum Gasteiger partial charge on any atom is -0.326 e. The van der Waals surface area contributed by atoms with Crippen molar-refractivity contribution in [2.45, 2.75) is 25.8 Å². The van der Waals surface area contributed by atoms with E-state index in [9.17, 15) is 9.59 Å². The number of carbonyl (C=O) groups excluding carboxylic acids is 1. The van der Waals surface area contributed by atoms with E-state index in [1.165, 1.54) is 6.92 Å². The van der Waals surface area contributed by atoms with Gasteiger partial charge in [-0.3, -0.25) is 14.2 Å². The number of nitrogens with one attached hydrogen (secondary N) is 1. The summed E-state index contributed by atoms with van der Waals surface area (Å²) in [6, 6.07) is 10.9. The van der Waals surface area contributed by atoms with Crippen LogP contribution in [0.25, 0.3) is 11.6 Å². The van der Waals surface area contributed by atoms with Crippen molar-refractivity contribution in [2.24, 2.45) is 0 Å². The van der Waals surface area contributed by atoms with Crippen LogP contribution in [-0.2, 0) is 4.79 Å². The number of hydrogen-bond acceptors (Lipinski definition) is 5. The first-order valence-corrected chi connectivity index (χ1v) is 8.50. The summed E-state index contributed by atoms with van der Waals surface area (Å²) >= 11 is 1.16. The van der Waals surface area contributed by atoms with Gasteiger partial charge in [-0.2, -0.15) is 10.5 Å². The van der Waals surface area contributed by atoms with Crippen LogP contribution in [0.1, 0.15) is 31.4 Å². The smallest absolute Gasteiger partial charge is 0.269 e. The molecule has 6 nitrogen and oxygen atoms in total. The molecule has 0 bridgehead atoms. The maximum Gasteiger partial charge on any atom is 0.269 e. The summed E-state index contributed by atoms with van der Waals surface area (Å²) in [6.45, 7) is 1.44. The number of benzene rings is 1. The number of anilines is 1. The number of amides is 1. The van der Waals surface area contributed by atoms with Crippen LogP contribution in [0.2, 0.25) is 0 Å². The highest BCUT2D eigenvalue weighted by Crippen LogP contribution is 2.32. The van der Waals surface area contributed by atoms with Gasteiger partial charge >= 0.3 is 0 Å². The third-order valence-electron chi connectivity index (χ3n) is 3.73. The summed E-state index contributed by atoms with van der Waals surface area (Å²) in [5.74, 6) is -0.150. The molecule has 0 atom stereocenters. The predicted octanol–water partition coefficient (Wildman–Crippen LogP) is 1.23. The monoisotopic (exact) mass is 350 g/mol. The van der Waals surface area contributed by atoms with E-state index < -0.39 is 0 Å². The molecule has 0 radical (unpaired) electrons. The summed E-state index contributed by atoms with van der Waals surface area (Å²) in [5.41, 5.74) is 1.28. The lowest BCUT2D eigenvalue weighted by molar-refractivity contribution is -0.114. The maximum absolute atomic E-state index is 12.7. The molecule has 1 amide bonds. The van der Waals surface area contributed by atoms with Crippen LogP contribution in [0.15, 0.2) is 29.1 Å². The normalized spacial score (nSPS) is 13.8. The summed E-state index contributed by atoms with van der Waals surface area (Å²) in [4.78, 5) is 23.7. The van der Waals surface area contributed by atoms with Crippen LogP contribution in [0.3, 0.4) is 0 Å². The highest BCUT2D eigenvalue weighted by molar-refractivity contribution is 7.07. The third kappa shape index (κ3) is 3.52. The number of nitrogens with zero attached hydrogens (tertiary/aromatic N) is 3. The van der Waals surface area contributed by atoms with Crippen LogP contribution in [-0.4, -0.2) is 10.5 Å². The van der Waals surface area contributed by atoms with Gasteiger partial charge in [0.25, 0.3) is 5.56 Å². The van der Waals surface area contributed by atoms with Gasteiger partial charge in [-0.05, 0) is 36.6 Å². The largest absolute Gasteiger partial charge is 0.326 e. The number of carbonyl (C=O) groups is 1. The molecule has 1 fully saturated rings. The molecular formula is C18H14N4O2S. The first kappa shape index (κ1) is 16.7. The van der Waals surface area contributed by atoms with Gasteiger partial charge < -0.3 is 5.32 Å². The van der Waals surface area contributed by atoms with E-state index in [1.807, 2.05) is 12.1 Å². The van der Waals surface area contributed by atoms with Crippen LogP contribution in [0, 0.1) is 22.7 Å².